The molecule has 2 N–H and O–H groups in total. The largest absolute Gasteiger partial charge is 0.400 e. The van der Waals surface area contributed by atoms with E-state index in [-0.39, 0.29) is 11.6 Å². The predicted octanol–water partition coefficient (Wildman–Crippen LogP) is 21.2. The number of rotatable bonds is 7. The van der Waals surface area contributed by atoms with Crippen LogP contribution in [0.4, 0.5) is 0 Å². The van der Waals surface area contributed by atoms with Gasteiger partial charge < -0.3 is 10.2 Å². The van der Waals surface area contributed by atoms with Gasteiger partial charge in [-0.2, -0.15) is 4.80 Å². The van der Waals surface area contributed by atoms with Gasteiger partial charge in [0.2, 0.25) is 0 Å². The molecule has 0 atom stereocenters. The van der Waals surface area contributed by atoms with Gasteiger partial charge in [-0.3, -0.25) is 9.59 Å². The van der Waals surface area contributed by atoms with Crippen molar-refractivity contribution in [1.29, 1.82) is 0 Å². The third kappa shape index (κ3) is 23.2. The Morgan fingerprint density at radius 1 is 0.364 bits per heavy atom. The molecule has 0 spiro atoms. The van der Waals surface area contributed by atoms with Crippen LogP contribution in [0.15, 0.2) is 297 Å². The molecular formula is C81H89N3O4. The number of hydrogen-bond acceptors (Lipinski definition) is 6. The lowest BCUT2D eigenvalue weighted by Gasteiger charge is -2.09. The standard InChI is InChI=1S/C16H14.C15H12O.C14H10.C13H10O.C12H9N3.C3H8.3C2H6.2CH4O/c1-2-14-15-9-5-3-7-12(15)11-13-8-4-6-10-16(13)14;16-15(14-9-5-2-6-10-14)12-11-13-7-3-1-4-8-13;1-2-6-12-10-14-8-4-3-7-13(14)9-11(12)5-1;14-13(11-7-3-1-4-8-11)12-9-5-2-6-10-12;1-2-6-10(7-3-1)15-13-11-8-4-5-9-12(11)14-15;1-3-2;5*1-2/h3-11H,2H2,1H3;1-12H;2*1-10H;1-9H;3H2,1-2H3;3*1-2H3;2*2H,1H3/b;12-11+;;;;;;;;;. The van der Waals surface area contributed by atoms with Crippen molar-refractivity contribution in [2.45, 2.75) is 75.2 Å². The Hall–Kier alpha value is -9.92. The van der Waals surface area contributed by atoms with Gasteiger partial charge in [0.25, 0.3) is 0 Å². The molecule has 1 aromatic heterocycles. The highest BCUT2D eigenvalue weighted by Gasteiger charge is 2.07. The summed E-state index contributed by atoms with van der Waals surface area (Å²) < 4.78 is 0. The summed E-state index contributed by atoms with van der Waals surface area (Å²) in [5.41, 5.74) is 7.50. The number of hydrogen-bond donors (Lipinski definition) is 2. The summed E-state index contributed by atoms with van der Waals surface area (Å²) in [6.45, 7) is 18.5. The second-order valence-corrected chi connectivity index (χ2v) is 18.3. The number of nitrogens with zero attached hydrogens (tertiary/aromatic N) is 3. The van der Waals surface area contributed by atoms with Crippen LogP contribution < -0.4 is 0 Å². The van der Waals surface area contributed by atoms with Crippen molar-refractivity contribution in [2.75, 3.05) is 14.2 Å². The Kier molecular flexibility index (Phi) is 35.9. The number of carbonyl (C=O) groups excluding carboxylic acids is 2. The number of aliphatic hydroxyl groups is 2. The number of para-hydroxylation sites is 1. The smallest absolute Gasteiger partial charge is 0.193 e. The average Bonchev–Trinajstić information content (AvgIpc) is 2.14. The van der Waals surface area contributed by atoms with Gasteiger partial charge in [-0.25, -0.2) is 0 Å². The van der Waals surface area contributed by atoms with Gasteiger partial charge >= 0.3 is 0 Å². The molecule has 0 aliphatic heterocycles. The molecule has 0 fully saturated rings. The molecule has 13 aromatic rings. The molecule has 1 heterocycles. The molecule has 12 aromatic carbocycles. The first kappa shape index (κ1) is 72.3. The lowest BCUT2D eigenvalue weighted by Crippen LogP contribution is -1.99. The molecule has 0 radical (unpaired) electrons. The van der Waals surface area contributed by atoms with Gasteiger partial charge in [0.05, 0.1) is 5.69 Å². The fourth-order valence-electron chi connectivity index (χ4n) is 8.69. The van der Waals surface area contributed by atoms with E-state index in [1.165, 1.54) is 55.1 Å². The van der Waals surface area contributed by atoms with E-state index in [0.29, 0.717) is 0 Å². The van der Waals surface area contributed by atoms with Gasteiger partial charge in [0, 0.05) is 30.9 Å². The molecular weight excluding hydrogens is 1080 g/mol. The molecule has 88 heavy (non-hydrogen) atoms. The second kappa shape index (κ2) is 43.7. The molecule has 0 aliphatic rings. The van der Waals surface area contributed by atoms with Crippen LogP contribution in [0.1, 0.15) is 106 Å². The fraction of sp³-hybridized carbons (Fsp3) is 0.160. The zero-order valence-electron chi connectivity index (χ0n) is 53.3. The average molecular weight is 1170 g/mol. The Morgan fingerprint density at radius 2 is 0.648 bits per heavy atom. The minimum Gasteiger partial charge on any atom is -0.400 e. The van der Waals surface area contributed by atoms with Crippen LogP contribution in [-0.4, -0.2) is 51.0 Å². The van der Waals surface area contributed by atoms with Gasteiger partial charge in [-0.15, -0.1) is 10.2 Å². The monoisotopic (exact) mass is 1170 g/mol. The summed E-state index contributed by atoms with van der Waals surface area (Å²) in [5, 5.41) is 33.5. The van der Waals surface area contributed by atoms with E-state index in [1.807, 2.05) is 224 Å². The van der Waals surface area contributed by atoms with E-state index < -0.39 is 0 Å². The predicted molar refractivity (Wildman–Crippen MR) is 380 cm³/mol. The molecule has 452 valence electrons. The van der Waals surface area contributed by atoms with Crippen LogP contribution >= 0.6 is 0 Å². The van der Waals surface area contributed by atoms with Crippen molar-refractivity contribution in [3.8, 4) is 5.69 Å². The maximum atomic E-state index is 11.8. The molecule has 0 amide bonds. The minimum atomic E-state index is 0.0319. The SMILES string of the molecule is CC.CC.CC.CCC.CCc1c2ccccc2cc2ccccc12.CO.CO.O=C(/C=C/c1ccccc1)c1ccccc1.O=C(c1ccccc1)c1ccccc1.c1ccc(-n2nc3ccccc3n2)cc1.c1ccc2cc3ccccc3cc2c1. The van der Waals surface area contributed by atoms with Crippen molar-refractivity contribution in [1.82, 2.24) is 15.0 Å². The highest BCUT2D eigenvalue weighted by Crippen LogP contribution is 2.29. The summed E-state index contributed by atoms with van der Waals surface area (Å²) in [7, 11) is 2.00. The van der Waals surface area contributed by atoms with Crippen molar-refractivity contribution in [3.63, 3.8) is 0 Å². The number of fused-ring (bicyclic) bond motifs is 5. The van der Waals surface area contributed by atoms with E-state index in [0.717, 1.165) is 59.6 Å². The van der Waals surface area contributed by atoms with Crippen molar-refractivity contribution in [2.24, 2.45) is 0 Å². The van der Waals surface area contributed by atoms with E-state index >= 15 is 0 Å². The normalized spacial score (nSPS) is 9.56. The lowest BCUT2D eigenvalue weighted by atomic mass is 9.95. The Balaban J connectivity index is 0.000000274. The summed E-state index contributed by atoms with van der Waals surface area (Å²) in [5.74, 6) is 0.107. The van der Waals surface area contributed by atoms with Crippen molar-refractivity contribution in [3.05, 3.63) is 325 Å². The number of allylic oxidation sites excluding steroid dienone is 1. The number of carbonyl (C=O) groups is 2. The third-order valence-corrected chi connectivity index (χ3v) is 12.5. The number of aliphatic hydroxyl groups excluding tert-OH is 2. The Labute approximate surface area is 524 Å². The first-order valence-corrected chi connectivity index (χ1v) is 30.4. The molecule has 0 saturated carbocycles. The summed E-state index contributed by atoms with van der Waals surface area (Å²) in [6.07, 6.45) is 5.77. The Morgan fingerprint density at radius 3 is 1.01 bits per heavy atom. The fourth-order valence-corrected chi connectivity index (χ4v) is 8.69. The van der Waals surface area contributed by atoms with Gasteiger partial charge in [0.1, 0.15) is 11.0 Å². The van der Waals surface area contributed by atoms with E-state index in [2.05, 4.69) is 146 Å². The quantitative estimate of drug-likeness (QED) is 0.0936. The van der Waals surface area contributed by atoms with Crippen LogP contribution in [0.25, 0.3) is 65.9 Å². The topological polar surface area (TPSA) is 105 Å². The molecule has 0 aliphatic carbocycles. The maximum Gasteiger partial charge on any atom is 0.193 e. The third-order valence-electron chi connectivity index (χ3n) is 12.5. The van der Waals surface area contributed by atoms with Crippen LogP contribution in [0.3, 0.4) is 0 Å². The summed E-state index contributed by atoms with van der Waals surface area (Å²) in [6, 6.07) is 96.4. The van der Waals surface area contributed by atoms with Crippen LogP contribution in [0, 0.1) is 0 Å². The van der Waals surface area contributed by atoms with Crippen LogP contribution in [-0.2, 0) is 6.42 Å². The lowest BCUT2D eigenvalue weighted by molar-refractivity contribution is 0.103. The Bertz CT molecular complexity index is 3750. The zero-order valence-corrected chi connectivity index (χ0v) is 53.3. The maximum absolute atomic E-state index is 11.8. The zero-order chi connectivity index (χ0) is 64.2. The van der Waals surface area contributed by atoms with Gasteiger partial charge in [-0.05, 0) is 109 Å². The minimum absolute atomic E-state index is 0.0319. The highest BCUT2D eigenvalue weighted by atomic mass is 16.2. The molecule has 0 saturated heterocycles. The van der Waals surface area contributed by atoms with Gasteiger partial charge in [0.15, 0.2) is 11.6 Å². The molecule has 7 nitrogen and oxygen atoms in total. The second-order valence-electron chi connectivity index (χ2n) is 18.3. The molecule has 0 unspecified atom stereocenters. The number of benzene rings is 12. The summed E-state index contributed by atoms with van der Waals surface area (Å²) >= 11 is 0. The van der Waals surface area contributed by atoms with Crippen molar-refractivity contribution >= 4 is 71.8 Å². The van der Waals surface area contributed by atoms with Gasteiger partial charge in [-0.1, -0.05) is 324 Å². The van der Waals surface area contributed by atoms with E-state index in [1.54, 1.807) is 10.9 Å². The summed E-state index contributed by atoms with van der Waals surface area (Å²) in [4.78, 5) is 25.2. The first-order valence-electron chi connectivity index (χ1n) is 30.4. The highest BCUT2D eigenvalue weighted by molar-refractivity contribution is 6.09. The first-order chi connectivity index (χ1) is 43.4. The molecule has 0 bridgehead atoms. The molecule has 13 rings (SSSR count). The number of ketones is 2. The molecule has 7 heteroatoms. The van der Waals surface area contributed by atoms with Crippen LogP contribution in [0.2, 0.25) is 0 Å². The van der Waals surface area contributed by atoms with Crippen molar-refractivity contribution < 1.29 is 19.8 Å². The van der Waals surface area contributed by atoms with Crippen LogP contribution in [0.5, 0.6) is 0 Å². The number of aryl methyl sites for hydroxylation is 1. The van der Waals surface area contributed by atoms with E-state index in [4.69, 9.17) is 10.2 Å². The number of aromatic nitrogens is 3. The van der Waals surface area contributed by atoms with E-state index in [9.17, 15) is 9.59 Å².